The smallest absolute Gasteiger partial charge is 0.446 e. The van der Waals surface area contributed by atoms with E-state index in [-0.39, 0.29) is 33.9 Å². The maximum Gasteiger partial charge on any atom is 0.446 e. The van der Waals surface area contributed by atoms with Crippen molar-refractivity contribution < 1.29 is 46.6 Å². The first-order valence-electron chi connectivity index (χ1n) is 24.1. The summed E-state index contributed by atoms with van der Waals surface area (Å²) >= 11 is 9.53. The predicted octanol–water partition coefficient (Wildman–Crippen LogP) is 12.3. The van der Waals surface area contributed by atoms with Gasteiger partial charge in [-0.2, -0.15) is 13.2 Å². The van der Waals surface area contributed by atoms with Crippen LogP contribution in [0.2, 0.25) is 0 Å². The summed E-state index contributed by atoms with van der Waals surface area (Å²) in [6, 6.07) is 40.4. The van der Waals surface area contributed by atoms with E-state index in [1.54, 1.807) is 63.2 Å². The van der Waals surface area contributed by atoms with Crippen LogP contribution in [0, 0.1) is 0 Å². The number of aldehydes is 1. The van der Waals surface area contributed by atoms with Gasteiger partial charge in [0.1, 0.15) is 28.2 Å². The number of aromatic amines is 2. The Kier molecular flexibility index (Phi) is 22.2. The molecule has 8 aromatic rings. The number of ether oxygens (including phenoxy) is 3. The summed E-state index contributed by atoms with van der Waals surface area (Å²) in [5.74, 6) is 0.332. The topological polar surface area (TPSA) is 224 Å². The Balaban J connectivity index is 0.000000252. The van der Waals surface area contributed by atoms with Gasteiger partial charge in [0.25, 0.3) is 11.8 Å². The number of hydrogen-bond acceptors (Lipinski definition) is 10. The number of H-pyrrole nitrogens is 2. The summed E-state index contributed by atoms with van der Waals surface area (Å²) < 4.78 is 48.2. The first kappa shape index (κ1) is 60.4. The van der Waals surface area contributed by atoms with Gasteiger partial charge in [-0.3, -0.25) is 24.0 Å². The SMILES string of the molecule is CCOc1ccccc1-c1ccc(CN)cc1NC(=O)c1c[nH]c2ccccc2c1=O.CCOc1ccccc1-c1ccc(CNC(=O)OC(C)(C)C)cc1NC(=O)c1c[nH]c2ccccc2c1=O.ClCCl.O=CC(F)(F)F. The Morgan fingerprint density at radius 1 is 0.615 bits per heavy atom. The minimum absolute atomic E-state index is 0.00923. The second kappa shape index (κ2) is 28.6. The Labute approximate surface area is 457 Å². The van der Waals surface area contributed by atoms with Crippen molar-refractivity contribution in [1.82, 2.24) is 15.3 Å². The molecule has 408 valence electrons. The van der Waals surface area contributed by atoms with Crippen LogP contribution in [0.25, 0.3) is 44.1 Å². The van der Waals surface area contributed by atoms with E-state index < -0.39 is 36.0 Å². The van der Waals surface area contributed by atoms with Crippen molar-refractivity contribution in [1.29, 1.82) is 0 Å². The Hall–Kier alpha value is -8.45. The van der Waals surface area contributed by atoms with Crippen molar-refractivity contribution in [3.8, 4) is 33.8 Å². The van der Waals surface area contributed by atoms with Crippen molar-refractivity contribution in [3.05, 3.63) is 189 Å². The molecule has 0 saturated carbocycles. The van der Waals surface area contributed by atoms with Crippen molar-refractivity contribution in [3.63, 3.8) is 0 Å². The molecule has 0 aliphatic heterocycles. The Morgan fingerprint density at radius 3 is 1.42 bits per heavy atom. The number of amides is 3. The van der Waals surface area contributed by atoms with E-state index in [1.165, 1.54) is 12.4 Å². The third-order valence-electron chi connectivity index (χ3n) is 10.9. The number of rotatable bonds is 13. The highest BCUT2D eigenvalue weighted by molar-refractivity contribution is 6.40. The minimum atomic E-state index is -4.64. The molecule has 0 spiro atoms. The van der Waals surface area contributed by atoms with Gasteiger partial charge in [-0.15, -0.1) is 23.2 Å². The van der Waals surface area contributed by atoms with Crippen LogP contribution in [0.1, 0.15) is 66.5 Å². The average molecular weight is 1110 g/mol. The molecule has 78 heavy (non-hydrogen) atoms. The highest BCUT2D eigenvalue weighted by Gasteiger charge is 2.25. The minimum Gasteiger partial charge on any atom is -0.493 e. The zero-order valence-corrected chi connectivity index (χ0v) is 44.6. The number of alkyl carbamates (subject to hydrolysis) is 1. The van der Waals surface area contributed by atoms with Crippen LogP contribution in [0.15, 0.2) is 155 Å². The molecule has 0 aliphatic carbocycles. The van der Waals surface area contributed by atoms with Gasteiger partial charge in [-0.1, -0.05) is 84.9 Å². The molecule has 0 saturated heterocycles. The van der Waals surface area contributed by atoms with Crippen molar-refractivity contribution >= 4 is 80.6 Å². The molecule has 8 rings (SSSR count). The van der Waals surface area contributed by atoms with E-state index in [0.717, 1.165) is 27.8 Å². The fourth-order valence-corrected chi connectivity index (χ4v) is 7.58. The molecule has 2 heterocycles. The molecule has 6 aromatic carbocycles. The number of hydrogen-bond donors (Lipinski definition) is 6. The summed E-state index contributed by atoms with van der Waals surface area (Å²) in [5.41, 5.74) is 11.6. The van der Waals surface area contributed by atoms with E-state index in [1.807, 2.05) is 105 Å². The number of benzene rings is 6. The summed E-state index contributed by atoms with van der Waals surface area (Å²) in [7, 11) is 0. The molecule has 2 aromatic heterocycles. The van der Waals surface area contributed by atoms with E-state index in [2.05, 4.69) is 25.9 Å². The fraction of sp³-hybridized carbons (Fsp3) is 0.207. The molecule has 0 aliphatic rings. The number of anilines is 2. The first-order valence-corrected chi connectivity index (χ1v) is 25.2. The third kappa shape index (κ3) is 17.0. The number of carbonyl (C=O) groups is 4. The van der Waals surface area contributed by atoms with Crippen LogP contribution in [0.4, 0.5) is 29.3 Å². The first-order chi connectivity index (χ1) is 37.3. The van der Waals surface area contributed by atoms with Crippen LogP contribution < -0.4 is 42.0 Å². The molecule has 0 unspecified atom stereocenters. The molecule has 7 N–H and O–H groups in total. The van der Waals surface area contributed by atoms with Gasteiger partial charge < -0.3 is 45.9 Å². The van der Waals surface area contributed by atoms with Crippen LogP contribution in [0.5, 0.6) is 11.5 Å². The number of halogens is 5. The normalized spacial score (nSPS) is 10.8. The molecule has 0 radical (unpaired) electrons. The largest absolute Gasteiger partial charge is 0.493 e. The number of nitrogens with two attached hydrogens (primary N) is 1. The van der Waals surface area contributed by atoms with E-state index in [4.69, 9.17) is 47.9 Å². The van der Waals surface area contributed by atoms with Crippen LogP contribution >= 0.6 is 23.2 Å². The molecular weight excluding hydrogens is 1050 g/mol. The average Bonchev–Trinajstić information content (AvgIpc) is 3.47. The number of pyridine rings is 2. The van der Waals surface area contributed by atoms with Gasteiger partial charge in [0.05, 0.1) is 18.6 Å². The molecule has 0 bridgehead atoms. The zero-order chi connectivity index (χ0) is 57.0. The summed E-state index contributed by atoms with van der Waals surface area (Å²) in [4.78, 5) is 79.3. The van der Waals surface area contributed by atoms with Gasteiger partial charge in [-0.05, 0) is 94.3 Å². The molecule has 20 heteroatoms. The fourth-order valence-electron chi connectivity index (χ4n) is 7.58. The van der Waals surface area contributed by atoms with Gasteiger partial charge in [0, 0.05) is 80.9 Å². The van der Waals surface area contributed by atoms with Crippen LogP contribution in [-0.2, 0) is 22.6 Å². The zero-order valence-electron chi connectivity index (χ0n) is 43.1. The number of alkyl halides is 5. The molecule has 0 atom stereocenters. The highest BCUT2D eigenvalue weighted by Crippen LogP contribution is 2.37. The number of carbonyl (C=O) groups excluding carboxylic acids is 4. The summed E-state index contributed by atoms with van der Waals surface area (Å²) in [5, 5.41) is 9.64. The maximum atomic E-state index is 13.4. The van der Waals surface area contributed by atoms with Gasteiger partial charge in [0.2, 0.25) is 17.1 Å². The lowest BCUT2D eigenvalue weighted by molar-refractivity contribution is -0.156. The molecule has 3 amide bonds. The predicted molar refractivity (Wildman–Crippen MR) is 301 cm³/mol. The van der Waals surface area contributed by atoms with E-state index >= 15 is 0 Å². The standard InChI is InChI=1S/C30H31N3O5.C25H23N3O3.C2HF3O.CH2Cl2/c1-5-37-26-13-9-7-10-21(26)20-15-14-19(17-32-29(36)38-30(2,3)4)16-25(20)33-28(35)23-18-31-24-12-8-6-11-22(24)27(23)34;1-2-31-23-10-6-4-7-18(23)17-12-11-16(14-26)13-22(17)28-25(30)20-15-27-21-9-5-3-8-19(21)24(20)29;3-2(4,5)1-6;2-1-3/h6-16,18H,5,17H2,1-4H3,(H,31,34)(H,32,36)(H,33,35);3-13,15H,2,14,26H2,1H3,(H,27,29)(H,28,30);1H;1H2. The lowest BCUT2D eigenvalue weighted by atomic mass is 10.00. The third-order valence-corrected chi connectivity index (χ3v) is 10.9. The highest BCUT2D eigenvalue weighted by atomic mass is 35.5. The Morgan fingerprint density at radius 2 is 1.01 bits per heavy atom. The number of aromatic nitrogens is 2. The van der Waals surface area contributed by atoms with E-state index in [0.29, 0.717) is 70.0 Å². The molecule has 0 fully saturated rings. The van der Waals surface area contributed by atoms with Crippen LogP contribution in [-0.4, -0.2) is 64.5 Å². The monoisotopic (exact) mass is 1110 g/mol. The summed E-state index contributed by atoms with van der Waals surface area (Å²) in [6.45, 7) is 10.7. The number of para-hydroxylation sites is 4. The quantitative estimate of drug-likeness (QED) is 0.0473. The Bertz CT molecular complexity index is 3490. The lowest BCUT2D eigenvalue weighted by Gasteiger charge is -2.20. The number of nitrogens with one attached hydrogen (secondary N) is 5. The van der Waals surface area contributed by atoms with Crippen molar-refractivity contribution in [2.24, 2.45) is 5.73 Å². The second-order valence-electron chi connectivity index (χ2n) is 17.5. The van der Waals surface area contributed by atoms with Gasteiger partial charge in [0.15, 0.2) is 0 Å². The molecular formula is C58H57Cl2F3N6O9. The molecule has 15 nitrogen and oxygen atoms in total. The second-order valence-corrected chi connectivity index (χ2v) is 18.3. The van der Waals surface area contributed by atoms with E-state index in [9.17, 15) is 37.1 Å². The number of fused-ring (bicyclic) bond motifs is 2. The van der Waals surface area contributed by atoms with Gasteiger partial charge in [-0.25, -0.2) is 4.79 Å². The van der Waals surface area contributed by atoms with Crippen molar-refractivity contribution in [2.75, 3.05) is 29.2 Å². The summed E-state index contributed by atoms with van der Waals surface area (Å²) in [6.07, 6.45) is -3.38. The van der Waals surface area contributed by atoms with Crippen molar-refractivity contribution in [2.45, 2.75) is 59.5 Å². The lowest BCUT2D eigenvalue weighted by Crippen LogP contribution is -2.32. The van der Waals surface area contributed by atoms with Gasteiger partial charge >= 0.3 is 12.3 Å². The maximum absolute atomic E-state index is 13.4. The van der Waals surface area contributed by atoms with Crippen LogP contribution in [0.3, 0.4) is 0 Å².